The zero-order chi connectivity index (χ0) is 18.2. The van der Waals surface area contributed by atoms with Crippen molar-refractivity contribution in [2.45, 2.75) is 32.6 Å². The number of fused-ring (bicyclic) bond motifs is 3. The van der Waals surface area contributed by atoms with Gasteiger partial charge in [-0.1, -0.05) is 37.3 Å². The van der Waals surface area contributed by atoms with Gasteiger partial charge in [0, 0.05) is 24.4 Å². The molecule has 140 valence electrons. The molecular formula is C22H25N3OS. The molecule has 1 atom stereocenters. The van der Waals surface area contributed by atoms with Crippen molar-refractivity contribution in [3.63, 3.8) is 0 Å². The quantitative estimate of drug-likeness (QED) is 0.682. The molecule has 0 spiro atoms. The molecular weight excluding hydrogens is 354 g/mol. The highest BCUT2D eigenvalue weighted by Gasteiger charge is 2.26. The number of morpholine rings is 1. The molecule has 3 aromatic rings. The first kappa shape index (κ1) is 17.1. The SMILES string of the molecule is CC1CCc2c(sc3nc(Cc4ccccc4)nc(N4CCOCC4)c23)C1. The van der Waals surface area contributed by atoms with Crippen LogP contribution in [0.3, 0.4) is 0 Å². The van der Waals surface area contributed by atoms with Gasteiger partial charge in [0.25, 0.3) is 0 Å². The average molecular weight is 380 g/mol. The number of hydrogen-bond donors (Lipinski definition) is 0. The molecule has 0 amide bonds. The predicted octanol–water partition coefficient (Wildman–Crippen LogP) is 4.24. The van der Waals surface area contributed by atoms with Gasteiger partial charge in [-0.05, 0) is 36.3 Å². The molecule has 2 aromatic heterocycles. The lowest BCUT2D eigenvalue weighted by molar-refractivity contribution is 0.122. The van der Waals surface area contributed by atoms with Gasteiger partial charge in [-0.3, -0.25) is 0 Å². The summed E-state index contributed by atoms with van der Waals surface area (Å²) in [4.78, 5) is 15.2. The van der Waals surface area contributed by atoms with Gasteiger partial charge in [0.15, 0.2) is 0 Å². The van der Waals surface area contributed by atoms with Crippen LogP contribution in [0.5, 0.6) is 0 Å². The summed E-state index contributed by atoms with van der Waals surface area (Å²) in [6.07, 6.45) is 4.41. The molecule has 5 heteroatoms. The van der Waals surface area contributed by atoms with E-state index in [9.17, 15) is 0 Å². The average Bonchev–Trinajstić information content (AvgIpc) is 3.06. The Bertz CT molecular complexity index is 947. The van der Waals surface area contributed by atoms with Gasteiger partial charge < -0.3 is 9.64 Å². The lowest BCUT2D eigenvalue weighted by Crippen LogP contribution is -2.37. The first-order valence-corrected chi connectivity index (χ1v) is 10.8. The van der Waals surface area contributed by atoms with Gasteiger partial charge in [-0.15, -0.1) is 11.3 Å². The largest absolute Gasteiger partial charge is 0.378 e. The smallest absolute Gasteiger partial charge is 0.141 e. The van der Waals surface area contributed by atoms with Crippen LogP contribution >= 0.6 is 11.3 Å². The van der Waals surface area contributed by atoms with E-state index in [0.717, 1.165) is 56.7 Å². The fourth-order valence-electron chi connectivity index (χ4n) is 4.23. The molecule has 1 aliphatic carbocycles. The van der Waals surface area contributed by atoms with Crippen molar-refractivity contribution in [1.82, 2.24) is 9.97 Å². The van der Waals surface area contributed by atoms with E-state index in [4.69, 9.17) is 14.7 Å². The number of rotatable bonds is 3. The van der Waals surface area contributed by atoms with Crippen molar-refractivity contribution in [3.8, 4) is 0 Å². The van der Waals surface area contributed by atoms with Crippen LogP contribution in [0, 0.1) is 5.92 Å². The predicted molar refractivity (Wildman–Crippen MR) is 111 cm³/mol. The molecule has 5 rings (SSSR count). The maximum Gasteiger partial charge on any atom is 0.141 e. The van der Waals surface area contributed by atoms with Crippen molar-refractivity contribution in [1.29, 1.82) is 0 Å². The van der Waals surface area contributed by atoms with Crippen LogP contribution in [0.15, 0.2) is 30.3 Å². The normalized spacial score (nSPS) is 20.0. The monoisotopic (exact) mass is 379 g/mol. The number of nitrogens with zero attached hydrogens (tertiary/aromatic N) is 3. The van der Waals surface area contributed by atoms with Crippen LogP contribution < -0.4 is 4.90 Å². The highest BCUT2D eigenvalue weighted by molar-refractivity contribution is 7.19. The van der Waals surface area contributed by atoms with E-state index in [2.05, 4.69) is 42.2 Å². The molecule has 27 heavy (non-hydrogen) atoms. The second-order valence-corrected chi connectivity index (χ2v) is 8.84. The minimum Gasteiger partial charge on any atom is -0.378 e. The Morgan fingerprint density at radius 1 is 1.15 bits per heavy atom. The maximum absolute atomic E-state index is 5.58. The lowest BCUT2D eigenvalue weighted by atomic mass is 9.89. The second kappa shape index (κ2) is 7.21. The summed E-state index contributed by atoms with van der Waals surface area (Å²) in [5.74, 6) is 2.84. The standard InChI is InChI=1S/C22H25N3OS/c1-15-7-8-17-18(13-15)27-22-20(17)21(25-9-11-26-12-10-25)23-19(24-22)14-16-5-3-2-4-6-16/h2-6,15H,7-14H2,1H3. The Kier molecular flexibility index (Phi) is 4.58. The molecule has 1 saturated heterocycles. The summed E-state index contributed by atoms with van der Waals surface area (Å²) < 4.78 is 5.58. The molecule has 3 heterocycles. The Morgan fingerprint density at radius 2 is 1.96 bits per heavy atom. The third-order valence-electron chi connectivity index (χ3n) is 5.70. The third-order valence-corrected chi connectivity index (χ3v) is 6.85. The van der Waals surface area contributed by atoms with Gasteiger partial charge in [-0.25, -0.2) is 9.97 Å². The first-order valence-electron chi connectivity index (χ1n) is 9.95. The van der Waals surface area contributed by atoms with E-state index in [1.54, 1.807) is 0 Å². The van der Waals surface area contributed by atoms with Crippen LogP contribution in [0.2, 0.25) is 0 Å². The summed E-state index contributed by atoms with van der Waals surface area (Å²) in [7, 11) is 0. The number of benzene rings is 1. The van der Waals surface area contributed by atoms with Crippen LogP contribution in [-0.2, 0) is 24.0 Å². The fraction of sp³-hybridized carbons (Fsp3) is 0.455. The van der Waals surface area contributed by atoms with Crippen molar-refractivity contribution < 1.29 is 4.74 Å². The summed E-state index contributed by atoms with van der Waals surface area (Å²) in [5.41, 5.74) is 2.78. The summed E-state index contributed by atoms with van der Waals surface area (Å²) >= 11 is 1.90. The van der Waals surface area contributed by atoms with Crippen LogP contribution in [0.25, 0.3) is 10.2 Å². The molecule has 0 bridgehead atoms. The molecule has 1 aliphatic heterocycles. The molecule has 0 saturated carbocycles. The molecule has 0 N–H and O–H groups in total. The van der Waals surface area contributed by atoms with Gasteiger partial charge in [-0.2, -0.15) is 0 Å². The third kappa shape index (κ3) is 3.34. The molecule has 2 aliphatic rings. The topological polar surface area (TPSA) is 38.2 Å². The summed E-state index contributed by atoms with van der Waals surface area (Å²) in [5, 5.41) is 1.32. The molecule has 1 unspecified atom stereocenters. The molecule has 1 aromatic carbocycles. The van der Waals surface area contributed by atoms with Crippen LogP contribution in [0.4, 0.5) is 5.82 Å². The molecule has 4 nitrogen and oxygen atoms in total. The van der Waals surface area contributed by atoms with Gasteiger partial charge >= 0.3 is 0 Å². The Labute approximate surface area is 164 Å². The van der Waals surface area contributed by atoms with E-state index < -0.39 is 0 Å². The van der Waals surface area contributed by atoms with Gasteiger partial charge in [0.1, 0.15) is 16.5 Å². The maximum atomic E-state index is 5.58. The van der Waals surface area contributed by atoms with Crippen molar-refractivity contribution in [3.05, 3.63) is 52.2 Å². The van der Waals surface area contributed by atoms with Crippen LogP contribution in [-0.4, -0.2) is 36.3 Å². The number of ether oxygens (including phenoxy) is 1. The minimum absolute atomic E-state index is 0.772. The number of thiophene rings is 1. The fourth-order valence-corrected chi connectivity index (χ4v) is 5.62. The van der Waals surface area contributed by atoms with Crippen molar-refractivity contribution >= 4 is 27.4 Å². The van der Waals surface area contributed by atoms with E-state index in [-0.39, 0.29) is 0 Å². The van der Waals surface area contributed by atoms with Gasteiger partial charge in [0.2, 0.25) is 0 Å². The molecule has 0 radical (unpaired) electrons. The van der Waals surface area contributed by atoms with Crippen LogP contribution in [0.1, 0.15) is 35.2 Å². The van der Waals surface area contributed by atoms with Gasteiger partial charge in [0.05, 0.1) is 18.6 Å². The van der Waals surface area contributed by atoms with E-state index in [0.29, 0.717) is 0 Å². The Balaban J connectivity index is 1.62. The zero-order valence-electron chi connectivity index (χ0n) is 15.8. The number of aromatic nitrogens is 2. The highest BCUT2D eigenvalue weighted by Crippen LogP contribution is 2.41. The second-order valence-electron chi connectivity index (χ2n) is 7.76. The number of hydrogen-bond acceptors (Lipinski definition) is 5. The van der Waals surface area contributed by atoms with Crippen molar-refractivity contribution in [2.24, 2.45) is 5.92 Å². The molecule has 1 fully saturated rings. The number of anilines is 1. The van der Waals surface area contributed by atoms with Crippen molar-refractivity contribution in [2.75, 3.05) is 31.2 Å². The number of aryl methyl sites for hydroxylation is 1. The Hall–Kier alpha value is -1.98. The zero-order valence-corrected chi connectivity index (χ0v) is 16.6. The highest BCUT2D eigenvalue weighted by atomic mass is 32.1. The van der Waals surface area contributed by atoms with E-state index in [1.165, 1.54) is 39.1 Å². The summed E-state index contributed by atoms with van der Waals surface area (Å²) in [6.45, 7) is 5.75. The van der Waals surface area contributed by atoms with E-state index >= 15 is 0 Å². The Morgan fingerprint density at radius 3 is 2.78 bits per heavy atom. The van der Waals surface area contributed by atoms with E-state index in [1.807, 2.05) is 11.3 Å². The minimum atomic E-state index is 0.772. The lowest BCUT2D eigenvalue weighted by Gasteiger charge is -2.29. The summed E-state index contributed by atoms with van der Waals surface area (Å²) in [6, 6.07) is 10.5. The first-order chi connectivity index (χ1) is 13.3.